The summed E-state index contributed by atoms with van der Waals surface area (Å²) < 4.78 is 0. The molecule has 0 amide bonds. The highest BCUT2D eigenvalue weighted by molar-refractivity contribution is 7.99. The van der Waals surface area contributed by atoms with E-state index >= 15 is 0 Å². The summed E-state index contributed by atoms with van der Waals surface area (Å²) in [7, 11) is 0. The zero-order valence-corrected chi connectivity index (χ0v) is 10.7. The Hall–Kier alpha value is -1.00. The summed E-state index contributed by atoms with van der Waals surface area (Å²) in [5.74, 6) is 2.70. The first-order chi connectivity index (χ1) is 8.27. The Morgan fingerprint density at radius 1 is 1.29 bits per heavy atom. The number of thioether (sulfide) groups is 1. The standard InChI is InChI=1S/C13H19N3S/c14-13(15)12(11-4-2-1-3-5-11)10-16-6-8-17-9-7-16/h1-5,12H,6-10H2,(H3,14,15). The van der Waals surface area contributed by atoms with Gasteiger partial charge in [0.05, 0.1) is 11.8 Å². The van der Waals surface area contributed by atoms with E-state index in [2.05, 4.69) is 17.0 Å². The van der Waals surface area contributed by atoms with Crippen LogP contribution < -0.4 is 5.73 Å². The summed E-state index contributed by atoms with van der Waals surface area (Å²) in [5, 5.41) is 7.75. The summed E-state index contributed by atoms with van der Waals surface area (Å²) in [6.07, 6.45) is 0. The fourth-order valence-corrected chi connectivity index (χ4v) is 3.09. The first kappa shape index (κ1) is 12.5. The summed E-state index contributed by atoms with van der Waals surface area (Å²) >= 11 is 2.00. The lowest BCUT2D eigenvalue weighted by molar-refractivity contribution is 0.299. The number of rotatable bonds is 4. The normalized spacial score (nSPS) is 18.8. The van der Waals surface area contributed by atoms with Crippen molar-refractivity contribution in [3.63, 3.8) is 0 Å². The van der Waals surface area contributed by atoms with E-state index in [4.69, 9.17) is 11.1 Å². The van der Waals surface area contributed by atoms with E-state index in [-0.39, 0.29) is 11.8 Å². The summed E-state index contributed by atoms with van der Waals surface area (Å²) in [4.78, 5) is 2.41. The van der Waals surface area contributed by atoms with Gasteiger partial charge in [0, 0.05) is 31.1 Å². The van der Waals surface area contributed by atoms with Gasteiger partial charge >= 0.3 is 0 Å². The van der Waals surface area contributed by atoms with Crippen molar-refractivity contribution in [3.05, 3.63) is 35.9 Å². The Labute approximate surface area is 107 Å². The topological polar surface area (TPSA) is 53.1 Å². The zero-order chi connectivity index (χ0) is 12.1. The van der Waals surface area contributed by atoms with E-state index in [1.807, 2.05) is 30.0 Å². The minimum Gasteiger partial charge on any atom is -0.387 e. The minimum absolute atomic E-state index is 0.0410. The number of hydrogen-bond acceptors (Lipinski definition) is 3. The van der Waals surface area contributed by atoms with Crippen LogP contribution in [-0.2, 0) is 0 Å². The third-order valence-electron chi connectivity index (χ3n) is 3.12. The highest BCUT2D eigenvalue weighted by atomic mass is 32.2. The third-order valence-corrected chi connectivity index (χ3v) is 4.06. The van der Waals surface area contributed by atoms with Gasteiger partial charge in [-0.2, -0.15) is 11.8 Å². The zero-order valence-electron chi connectivity index (χ0n) is 9.93. The van der Waals surface area contributed by atoms with Crippen LogP contribution in [0.5, 0.6) is 0 Å². The molecule has 1 aliphatic rings. The van der Waals surface area contributed by atoms with Gasteiger partial charge in [0.1, 0.15) is 0 Å². The van der Waals surface area contributed by atoms with Crippen LogP contribution in [0.4, 0.5) is 0 Å². The van der Waals surface area contributed by atoms with Gasteiger partial charge in [-0.05, 0) is 5.56 Å². The number of nitrogens with one attached hydrogen (secondary N) is 1. The minimum atomic E-state index is 0.0410. The molecule has 0 radical (unpaired) electrons. The van der Waals surface area contributed by atoms with Crippen LogP contribution in [0.1, 0.15) is 11.5 Å². The fraction of sp³-hybridized carbons (Fsp3) is 0.462. The molecule has 1 atom stereocenters. The Kier molecular flexibility index (Phi) is 4.45. The van der Waals surface area contributed by atoms with Crippen LogP contribution in [0.25, 0.3) is 0 Å². The van der Waals surface area contributed by atoms with Crippen molar-refractivity contribution in [3.8, 4) is 0 Å². The highest BCUT2D eigenvalue weighted by Crippen LogP contribution is 2.19. The SMILES string of the molecule is N=C(N)C(CN1CCSCC1)c1ccccc1. The van der Waals surface area contributed by atoms with Gasteiger partial charge in [-0.25, -0.2) is 0 Å². The van der Waals surface area contributed by atoms with Crippen LogP contribution in [0.3, 0.4) is 0 Å². The molecule has 1 saturated heterocycles. The molecule has 0 saturated carbocycles. The Morgan fingerprint density at radius 3 is 2.53 bits per heavy atom. The quantitative estimate of drug-likeness (QED) is 0.631. The first-order valence-electron chi connectivity index (χ1n) is 5.96. The van der Waals surface area contributed by atoms with E-state index < -0.39 is 0 Å². The van der Waals surface area contributed by atoms with E-state index in [9.17, 15) is 0 Å². The van der Waals surface area contributed by atoms with Crippen LogP contribution in [-0.4, -0.2) is 41.9 Å². The predicted octanol–water partition coefficient (Wildman–Crippen LogP) is 1.75. The molecule has 17 heavy (non-hydrogen) atoms. The van der Waals surface area contributed by atoms with Gasteiger partial charge in [0.15, 0.2) is 0 Å². The van der Waals surface area contributed by atoms with Gasteiger partial charge in [-0.1, -0.05) is 30.3 Å². The fourth-order valence-electron chi connectivity index (χ4n) is 2.11. The van der Waals surface area contributed by atoms with Crippen molar-refractivity contribution < 1.29 is 0 Å². The molecule has 1 heterocycles. The summed E-state index contributed by atoms with van der Waals surface area (Å²) in [6, 6.07) is 10.1. The lowest BCUT2D eigenvalue weighted by Gasteiger charge is -2.29. The van der Waals surface area contributed by atoms with E-state index in [0.29, 0.717) is 0 Å². The molecule has 1 aromatic rings. The van der Waals surface area contributed by atoms with Gasteiger partial charge in [0.2, 0.25) is 0 Å². The molecule has 0 aromatic heterocycles. The summed E-state index contributed by atoms with van der Waals surface area (Å²) in [5.41, 5.74) is 6.89. The second kappa shape index (κ2) is 6.07. The Morgan fingerprint density at radius 2 is 1.94 bits per heavy atom. The maximum Gasteiger partial charge on any atom is 0.0995 e. The molecule has 1 aliphatic heterocycles. The van der Waals surface area contributed by atoms with Crippen LogP contribution >= 0.6 is 11.8 Å². The number of benzene rings is 1. The van der Waals surface area contributed by atoms with Crippen molar-refractivity contribution in [2.45, 2.75) is 5.92 Å². The molecule has 92 valence electrons. The van der Waals surface area contributed by atoms with Crippen molar-refractivity contribution in [1.29, 1.82) is 5.41 Å². The number of nitrogens with two attached hydrogens (primary N) is 1. The van der Waals surface area contributed by atoms with Crippen LogP contribution in [0.15, 0.2) is 30.3 Å². The number of nitrogens with zero attached hydrogens (tertiary/aromatic N) is 1. The first-order valence-corrected chi connectivity index (χ1v) is 7.12. The van der Waals surface area contributed by atoms with E-state index in [0.717, 1.165) is 25.2 Å². The van der Waals surface area contributed by atoms with Crippen molar-refractivity contribution in [1.82, 2.24) is 4.90 Å². The predicted molar refractivity (Wildman–Crippen MR) is 74.9 cm³/mol. The lowest BCUT2D eigenvalue weighted by Crippen LogP contribution is -2.39. The molecule has 0 bridgehead atoms. The maximum atomic E-state index is 7.75. The molecule has 4 heteroatoms. The second-order valence-electron chi connectivity index (χ2n) is 4.33. The van der Waals surface area contributed by atoms with Crippen molar-refractivity contribution in [2.75, 3.05) is 31.1 Å². The number of amidine groups is 1. The second-order valence-corrected chi connectivity index (χ2v) is 5.56. The molecule has 3 N–H and O–H groups in total. The molecule has 0 aliphatic carbocycles. The van der Waals surface area contributed by atoms with Gasteiger partial charge in [-0.15, -0.1) is 0 Å². The molecule has 1 aromatic carbocycles. The molecule has 3 nitrogen and oxygen atoms in total. The van der Waals surface area contributed by atoms with Gasteiger partial charge in [0.25, 0.3) is 0 Å². The number of hydrogen-bond donors (Lipinski definition) is 2. The van der Waals surface area contributed by atoms with E-state index in [1.54, 1.807) is 0 Å². The molecular weight excluding hydrogens is 230 g/mol. The average molecular weight is 249 g/mol. The molecule has 2 rings (SSSR count). The van der Waals surface area contributed by atoms with Gasteiger partial charge < -0.3 is 10.6 Å². The molecular formula is C13H19N3S. The van der Waals surface area contributed by atoms with Crippen LogP contribution in [0.2, 0.25) is 0 Å². The highest BCUT2D eigenvalue weighted by Gasteiger charge is 2.20. The third kappa shape index (κ3) is 3.48. The summed E-state index contributed by atoms with van der Waals surface area (Å²) in [6.45, 7) is 3.10. The largest absolute Gasteiger partial charge is 0.387 e. The van der Waals surface area contributed by atoms with Crippen molar-refractivity contribution >= 4 is 17.6 Å². The van der Waals surface area contributed by atoms with Crippen LogP contribution in [0, 0.1) is 5.41 Å². The molecule has 1 fully saturated rings. The Balaban J connectivity index is 2.05. The molecule has 1 unspecified atom stereocenters. The molecule has 0 spiro atoms. The smallest absolute Gasteiger partial charge is 0.0995 e. The Bertz CT molecular complexity index is 360. The van der Waals surface area contributed by atoms with Gasteiger partial charge in [-0.3, -0.25) is 5.41 Å². The monoisotopic (exact) mass is 249 g/mol. The maximum absolute atomic E-state index is 7.75. The van der Waals surface area contributed by atoms with Crippen molar-refractivity contribution in [2.24, 2.45) is 5.73 Å². The lowest BCUT2D eigenvalue weighted by atomic mass is 9.97. The van der Waals surface area contributed by atoms with E-state index in [1.165, 1.54) is 11.5 Å². The average Bonchev–Trinajstić information content (AvgIpc) is 2.38.